The summed E-state index contributed by atoms with van der Waals surface area (Å²) in [6.07, 6.45) is 6.75. The monoisotopic (exact) mass is 298 g/mol. The highest BCUT2D eigenvalue weighted by molar-refractivity contribution is 14.1. The van der Waals surface area contributed by atoms with Crippen molar-refractivity contribution in [2.45, 2.75) is 0 Å². The summed E-state index contributed by atoms with van der Waals surface area (Å²) >= 11 is 2.18. The van der Waals surface area contributed by atoms with E-state index in [1.807, 2.05) is 12.1 Å². The highest BCUT2D eigenvalue weighted by Crippen LogP contribution is 2.17. The lowest BCUT2D eigenvalue weighted by Gasteiger charge is -2.05. The molecule has 0 saturated heterocycles. The van der Waals surface area contributed by atoms with Gasteiger partial charge in [0.05, 0.1) is 15.5 Å². The molecule has 2 aromatic heterocycles. The first-order valence-corrected chi connectivity index (χ1v) is 5.07. The van der Waals surface area contributed by atoms with E-state index in [1.54, 1.807) is 18.6 Å². The topological polar surface area (TPSA) is 50.7 Å². The van der Waals surface area contributed by atoms with Crippen molar-refractivity contribution in [1.29, 1.82) is 0 Å². The zero-order chi connectivity index (χ0) is 9.80. The molecule has 70 valence electrons. The van der Waals surface area contributed by atoms with Gasteiger partial charge in [0.15, 0.2) is 0 Å². The Bertz CT molecular complexity index is 418. The maximum Gasteiger partial charge on any atom is 0.147 e. The van der Waals surface area contributed by atoms with Gasteiger partial charge < -0.3 is 5.32 Å². The van der Waals surface area contributed by atoms with Crippen LogP contribution in [0.1, 0.15) is 0 Å². The summed E-state index contributed by atoms with van der Waals surface area (Å²) in [5.74, 6) is 0.800. The van der Waals surface area contributed by atoms with Crippen LogP contribution < -0.4 is 5.32 Å². The normalized spacial score (nSPS) is 9.79. The van der Waals surface area contributed by atoms with Crippen LogP contribution >= 0.6 is 22.6 Å². The molecule has 0 aliphatic carbocycles. The Morgan fingerprint density at radius 1 is 1.21 bits per heavy atom. The van der Waals surface area contributed by atoms with Gasteiger partial charge in [-0.25, -0.2) is 9.97 Å². The summed E-state index contributed by atoms with van der Waals surface area (Å²) in [5, 5.41) is 3.15. The van der Waals surface area contributed by atoms with Crippen LogP contribution in [0.5, 0.6) is 0 Å². The van der Waals surface area contributed by atoms with Crippen LogP contribution in [0.15, 0.2) is 37.1 Å². The number of halogens is 1. The fourth-order valence-corrected chi connectivity index (χ4v) is 1.41. The van der Waals surface area contributed by atoms with Crippen molar-refractivity contribution in [3.63, 3.8) is 0 Å². The second-order valence-electron chi connectivity index (χ2n) is 2.59. The molecule has 0 amide bonds. The third kappa shape index (κ3) is 2.16. The van der Waals surface area contributed by atoms with E-state index in [4.69, 9.17) is 0 Å². The average molecular weight is 298 g/mol. The van der Waals surface area contributed by atoms with Crippen LogP contribution in [0, 0.1) is 3.57 Å². The Kier molecular flexibility index (Phi) is 2.87. The quantitative estimate of drug-likeness (QED) is 0.864. The summed E-state index contributed by atoms with van der Waals surface area (Å²) in [7, 11) is 0. The maximum absolute atomic E-state index is 4.12. The Balaban J connectivity index is 2.24. The number of anilines is 2. The van der Waals surface area contributed by atoms with E-state index < -0.39 is 0 Å². The van der Waals surface area contributed by atoms with Crippen molar-refractivity contribution < 1.29 is 0 Å². The van der Waals surface area contributed by atoms with E-state index >= 15 is 0 Å². The van der Waals surface area contributed by atoms with Crippen LogP contribution in [-0.4, -0.2) is 15.0 Å². The van der Waals surface area contributed by atoms with E-state index in [2.05, 4.69) is 42.9 Å². The van der Waals surface area contributed by atoms with Crippen LogP contribution in [-0.2, 0) is 0 Å². The minimum Gasteiger partial charge on any atom is -0.338 e. The van der Waals surface area contributed by atoms with Gasteiger partial charge in [0.1, 0.15) is 12.1 Å². The molecule has 5 heteroatoms. The van der Waals surface area contributed by atoms with Crippen molar-refractivity contribution in [2.75, 3.05) is 5.32 Å². The molecule has 0 fully saturated rings. The van der Waals surface area contributed by atoms with E-state index in [-0.39, 0.29) is 0 Å². The van der Waals surface area contributed by atoms with Crippen LogP contribution in [0.2, 0.25) is 0 Å². The number of hydrogen-bond acceptors (Lipinski definition) is 4. The molecular weight excluding hydrogens is 291 g/mol. The highest BCUT2D eigenvalue weighted by atomic mass is 127. The van der Waals surface area contributed by atoms with Crippen LogP contribution in [0.25, 0.3) is 0 Å². The van der Waals surface area contributed by atoms with Gasteiger partial charge in [0, 0.05) is 12.4 Å². The van der Waals surface area contributed by atoms with Gasteiger partial charge in [0.25, 0.3) is 0 Å². The number of aromatic nitrogens is 3. The Hall–Kier alpha value is -1.24. The average Bonchev–Trinajstić information content (AvgIpc) is 2.23. The number of nitrogens with zero attached hydrogens (tertiary/aromatic N) is 3. The smallest absolute Gasteiger partial charge is 0.147 e. The fraction of sp³-hybridized carbons (Fsp3) is 0. The van der Waals surface area contributed by atoms with Gasteiger partial charge in [-0.3, -0.25) is 4.98 Å². The van der Waals surface area contributed by atoms with E-state index in [0.29, 0.717) is 0 Å². The number of nitrogens with one attached hydrogen (secondary N) is 1. The lowest BCUT2D eigenvalue weighted by molar-refractivity contribution is 1.15. The van der Waals surface area contributed by atoms with Gasteiger partial charge in [-0.1, -0.05) is 0 Å². The molecule has 4 nitrogen and oxygen atoms in total. The van der Waals surface area contributed by atoms with Gasteiger partial charge in [-0.2, -0.15) is 0 Å². The summed E-state index contributed by atoms with van der Waals surface area (Å²) in [4.78, 5) is 12.0. The molecule has 0 radical (unpaired) electrons. The molecule has 0 atom stereocenters. The van der Waals surface area contributed by atoms with Crippen molar-refractivity contribution in [1.82, 2.24) is 15.0 Å². The van der Waals surface area contributed by atoms with Gasteiger partial charge in [-0.15, -0.1) is 0 Å². The molecule has 14 heavy (non-hydrogen) atoms. The van der Waals surface area contributed by atoms with Crippen LogP contribution in [0.3, 0.4) is 0 Å². The summed E-state index contributed by atoms with van der Waals surface area (Å²) < 4.78 is 0.981. The molecule has 0 aromatic carbocycles. The first kappa shape index (κ1) is 9.32. The SMILES string of the molecule is Ic1cncnc1Nc1cccnc1. The number of pyridine rings is 1. The molecule has 0 aliphatic rings. The first-order valence-electron chi connectivity index (χ1n) is 3.99. The predicted molar refractivity (Wildman–Crippen MR) is 62.3 cm³/mol. The second kappa shape index (κ2) is 4.32. The number of rotatable bonds is 2. The predicted octanol–water partition coefficient (Wildman–Crippen LogP) is 2.22. The summed E-state index contributed by atoms with van der Waals surface area (Å²) in [6.45, 7) is 0. The van der Waals surface area contributed by atoms with Crippen molar-refractivity contribution in [3.8, 4) is 0 Å². The third-order valence-corrected chi connectivity index (χ3v) is 2.38. The van der Waals surface area contributed by atoms with Gasteiger partial charge in [-0.05, 0) is 34.7 Å². The fourth-order valence-electron chi connectivity index (χ4n) is 0.978. The van der Waals surface area contributed by atoms with E-state index in [1.165, 1.54) is 6.33 Å². The van der Waals surface area contributed by atoms with Gasteiger partial charge >= 0.3 is 0 Å². The Morgan fingerprint density at radius 2 is 2.14 bits per heavy atom. The Morgan fingerprint density at radius 3 is 2.86 bits per heavy atom. The third-order valence-electron chi connectivity index (χ3n) is 1.59. The highest BCUT2D eigenvalue weighted by Gasteiger charge is 1.99. The van der Waals surface area contributed by atoms with Crippen molar-refractivity contribution >= 4 is 34.1 Å². The van der Waals surface area contributed by atoms with Crippen molar-refractivity contribution in [2.24, 2.45) is 0 Å². The van der Waals surface area contributed by atoms with Crippen molar-refractivity contribution in [3.05, 3.63) is 40.6 Å². The lowest BCUT2D eigenvalue weighted by atomic mass is 10.4. The molecule has 2 rings (SSSR count). The first-order chi connectivity index (χ1) is 6.86. The number of hydrogen-bond donors (Lipinski definition) is 1. The Labute approximate surface area is 95.0 Å². The maximum atomic E-state index is 4.12. The molecule has 0 saturated carbocycles. The molecule has 2 heterocycles. The standard InChI is InChI=1S/C9H7IN4/c10-8-5-12-6-13-9(8)14-7-2-1-3-11-4-7/h1-6H,(H,12,13,14). The summed E-state index contributed by atoms with van der Waals surface area (Å²) in [6, 6.07) is 3.81. The molecular formula is C9H7IN4. The van der Waals surface area contributed by atoms with Crippen LogP contribution in [0.4, 0.5) is 11.5 Å². The molecule has 2 aromatic rings. The second-order valence-corrected chi connectivity index (χ2v) is 3.75. The largest absolute Gasteiger partial charge is 0.338 e. The molecule has 0 unspecified atom stereocenters. The zero-order valence-corrected chi connectivity index (χ0v) is 9.34. The van der Waals surface area contributed by atoms with Gasteiger partial charge in [0.2, 0.25) is 0 Å². The van der Waals surface area contributed by atoms with E-state index in [0.717, 1.165) is 15.1 Å². The zero-order valence-electron chi connectivity index (χ0n) is 7.18. The molecule has 0 spiro atoms. The minimum atomic E-state index is 0.800. The summed E-state index contributed by atoms with van der Waals surface area (Å²) in [5.41, 5.74) is 0.920. The minimum absolute atomic E-state index is 0.800. The lowest BCUT2D eigenvalue weighted by Crippen LogP contribution is -1.96. The molecule has 0 bridgehead atoms. The van der Waals surface area contributed by atoms with E-state index in [9.17, 15) is 0 Å². The molecule has 0 aliphatic heterocycles. The molecule has 1 N–H and O–H groups in total.